The van der Waals surface area contributed by atoms with E-state index in [1.165, 1.54) is 5.57 Å². The van der Waals surface area contributed by atoms with Gasteiger partial charge in [0.1, 0.15) is 0 Å². The van der Waals surface area contributed by atoms with Crippen LogP contribution in [-0.4, -0.2) is 5.71 Å². The van der Waals surface area contributed by atoms with Gasteiger partial charge in [-0.25, -0.2) is 0 Å². The molecule has 1 heteroatoms. The van der Waals surface area contributed by atoms with Gasteiger partial charge < -0.3 is 0 Å². The summed E-state index contributed by atoms with van der Waals surface area (Å²) >= 11 is 0. The molecule has 0 aromatic heterocycles. The second kappa shape index (κ2) is 5.90. The molecule has 1 heterocycles. The van der Waals surface area contributed by atoms with Gasteiger partial charge in [0.25, 0.3) is 0 Å². The SMILES string of the molecule is C=C(CC)C1=NC=CC1.CC. The molecule has 1 nitrogen and oxygen atoms in total. The van der Waals surface area contributed by atoms with E-state index in [9.17, 15) is 0 Å². The van der Waals surface area contributed by atoms with Crippen molar-refractivity contribution in [2.75, 3.05) is 0 Å². The van der Waals surface area contributed by atoms with Gasteiger partial charge in [0.2, 0.25) is 0 Å². The van der Waals surface area contributed by atoms with E-state index in [2.05, 4.69) is 24.6 Å². The van der Waals surface area contributed by atoms with Crippen LogP contribution < -0.4 is 0 Å². The fourth-order valence-electron chi connectivity index (χ4n) is 0.799. The number of allylic oxidation sites excluding steroid dienone is 2. The third-order valence-corrected chi connectivity index (χ3v) is 1.48. The van der Waals surface area contributed by atoms with Crippen LogP contribution in [0.15, 0.2) is 29.4 Å². The van der Waals surface area contributed by atoms with E-state index in [1.54, 1.807) is 0 Å². The normalized spacial score (nSPS) is 13.5. The highest BCUT2D eigenvalue weighted by Gasteiger charge is 2.02. The lowest BCUT2D eigenvalue weighted by Gasteiger charge is -1.98. The summed E-state index contributed by atoms with van der Waals surface area (Å²) in [6, 6.07) is 0. The number of nitrogens with zero attached hydrogens (tertiary/aromatic N) is 1. The molecule has 1 aliphatic rings. The van der Waals surface area contributed by atoms with E-state index in [1.807, 2.05) is 20.0 Å². The van der Waals surface area contributed by atoms with Crippen molar-refractivity contribution >= 4 is 5.71 Å². The molecule has 0 bridgehead atoms. The van der Waals surface area contributed by atoms with Gasteiger partial charge in [-0.3, -0.25) is 4.99 Å². The minimum atomic E-state index is 0.979. The Morgan fingerprint density at radius 1 is 1.64 bits per heavy atom. The highest BCUT2D eigenvalue weighted by Crippen LogP contribution is 2.09. The van der Waals surface area contributed by atoms with Crippen molar-refractivity contribution in [1.29, 1.82) is 0 Å². The fourth-order valence-corrected chi connectivity index (χ4v) is 0.799. The third kappa shape index (κ3) is 3.17. The Morgan fingerprint density at radius 3 is 2.64 bits per heavy atom. The van der Waals surface area contributed by atoms with Crippen LogP contribution in [0.4, 0.5) is 0 Å². The summed E-state index contributed by atoms with van der Waals surface area (Å²) in [7, 11) is 0. The zero-order valence-electron chi connectivity index (χ0n) is 7.72. The van der Waals surface area contributed by atoms with Crippen LogP contribution in [0.25, 0.3) is 0 Å². The maximum Gasteiger partial charge on any atom is 0.0467 e. The number of hydrogen-bond acceptors (Lipinski definition) is 1. The molecule has 0 spiro atoms. The molecule has 0 aromatic rings. The zero-order chi connectivity index (χ0) is 8.69. The van der Waals surface area contributed by atoms with E-state index < -0.39 is 0 Å². The quantitative estimate of drug-likeness (QED) is 0.574. The highest BCUT2D eigenvalue weighted by molar-refractivity contribution is 6.01. The van der Waals surface area contributed by atoms with Gasteiger partial charge in [0.05, 0.1) is 0 Å². The van der Waals surface area contributed by atoms with E-state index in [0.29, 0.717) is 0 Å². The summed E-state index contributed by atoms with van der Waals surface area (Å²) in [5.41, 5.74) is 2.32. The van der Waals surface area contributed by atoms with Crippen molar-refractivity contribution in [1.82, 2.24) is 0 Å². The molecule has 0 aromatic carbocycles. The largest absolute Gasteiger partial charge is 0.261 e. The molecule has 0 atom stereocenters. The van der Waals surface area contributed by atoms with Crippen LogP contribution in [0.5, 0.6) is 0 Å². The predicted molar refractivity (Wildman–Crippen MR) is 52.0 cm³/mol. The molecule has 62 valence electrons. The number of hydrogen-bond donors (Lipinski definition) is 0. The Morgan fingerprint density at radius 2 is 2.27 bits per heavy atom. The lowest BCUT2D eigenvalue weighted by Crippen LogP contribution is -1.95. The predicted octanol–water partition coefficient (Wildman–Crippen LogP) is 3.34. The average molecular weight is 151 g/mol. The summed E-state index contributed by atoms with van der Waals surface area (Å²) in [6.07, 6.45) is 5.89. The second-order valence-electron chi connectivity index (χ2n) is 2.12. The molecule has 1 aliphatic heterocycles. The Bertz CT molecular complexity index is 175. The fraction of sp³-hybridized carbons (Fsp3) is 0.500. The summed E-state index contributed by atoms with van der Waals surface area (Å²) in [5.74, 6) is 0. The van der Waals surface area contributed by atoms with Crippen molar-refractivity contribution in [3.63, 3.8) is 0 Å². The maximum absolute atomic E-state index is 4.14. The highest BCUT2D eigenvalue weighted by atomic mass is 14.7. The van der Waals surface area contributed by atoms with Crippen LogP contribution in [-0.2, 0) is 0 Å². The Kier molecular flexibility index (Phi) is 5.44. The first-order valence-corrected chi connectivity index (χ1v) is 4.24. The summed E-state index contributed by atoms with van der Waals surface area (Å²) in [4.78, 5) is 4.14. The van der Waals surface area contributed by atoms with E-state index in [-0.39, 0.29) is 0 Å². The molecule has 0 saturated carbocycles. The van der Waals surface area contributed by atoms with Crippen LogP contribution in [0.2, 0.25) is 0 Å². The minimum absolute atomic E-state index is 0.979. The van der Waals surface area contributed by atoms with Gasteiger partial charge >= 0.3 is 0 Å². The van der Waals surface area contributed by atoms with Crippen molar-refractivity contribution in [3.05, 3.63) is 24.4 Å². The first kappa shape index (κ1) is 10.2. The molecular weight excluding hydrogens is 134 g/mol. The van der Waals surface area contributed by atoms with Crippen LogP contribution in [0.1, 0.15) is 33.6 Å². The lowest BCUT2D eigenvalue weighted by atomic mass is 10.1. The molecule has 0 unspecified atom stereocenters. The smallest absolute Gasteiger partial charge is 0.0467 e. The van der Waals surface area contributed by atoms with Crippen LogP contribution in [0, 0.1) is 0 Å². The Balaban J connectivity index is 0.000000461. The van der Waals surface area contributed by atoms with Gasteiger partial charge in [0, 0.05) is 18.3 Å². The van der Waals surface area contributed by atoms with Gasteiger partial charge in [0.15, 0.2) is 0 Å². The van der Waals surface area contributed by atoms with Gasteiger partial charge in [-0.05, 0) is 12.0 Å². The van der Waals surface area contributed by atoms with E-state index in [0.717, 1.165) is 18.6 Å². The molecule has 1 rings (SSSR count). The Hall–Kier alpha value is -0.850. The monoisotopic (exact) mass is 151 g/mol. The molecule has 0 N–H and O–H groups in total. The van der Waals surface area contributed by atoms with Crippen molar-refractivity contribution in [2.45, 2.75) is 33.6 Å². The molecular formula is C10H17N. The van der Waals surface area contributed by atoms with Crippen LogP contribution >= 0.6 is 0 Å². The summed E-state index contributed by atoms with van der Waals surface area (Å²) < 4.78 is 0. The van der Waals surface area contributed by atoms with Gasteiger partial charge in [-0.1, -0.05) is 33.4 Å². The van der Waals surface area contributed by atoms with E-state index in [4.69, 9.17) is 0 Å². The zero-order valence-corrected chi connectivity index (χ0v) is 7.72. The first-order chi connectivity index (χ1) is 5.34. The van der Waals surface area contributed by atoms with Gasteiger partial charge in [-0.15, -0.1) is 0 Å². The molecule has 0 saturated heterocycles. The molecule has 0 radical (unpaired) electrons. The lowest BCUT2D eigenvalue weighted by molar-refractivity contribution is 1.17. The standard InChI is InChI=1S/C8H11N.C2H6/c1-3-7(2)8-5-4-6-9-8;1-2/h4,6H,2-3,5H2,1H3;1-2H3. The minimum Gasteiger partial charge on any atom is -0.261 e. The van der Waals surface area contributed by atoms with Crippen molar-refractivity contribution in [2.24, 2.45) is 4.99 Å². The number of rotatable bonds is 2. The topological polar surface area (TPSA) is 12.4 Å². The third-order valence-electron chi connectivity index (χ3n) is 1.48. The number of aliphatic imine (C=N–C) groups is 1. The second-order valence-corrected chi connectivity index (χ2v) is 2.12. The maximum atomic E-state index is 4.14. The Labute approximate surface area is 69.5 Å². The molecule has 11 heavy (non-hydrogen) atoms. The van der Waals surface area contributed by atoms with E-state index >= 15 is 0 Å². The van der Waals surface area contributed by atoms with Crippen LogP contribution in [0.3, 0.4) is 0 Å². The molecule has 0 fully saturated rings. The molecule has 0 amide bonds. The van der Waals surface area contributed by atoms with Gasteiger partial charge in [-0.2, -0.15) is 0 Å². The first-order valence-electron chi connectivity index (χ1n) is 4.24. The van der Waals surface area contributed by atoms with Crippen molar-refractivity contribution < 1.29 is 0 Å². The summed E-state index contributed by atoms with van der Waals surface area (Å²) in [6.45, 7) is 9.98. The molecule has 0 aliphatic carbocycles. The van der Waals surface area contributed by atoms with Crippen molar-refractivity contribution in [3.8, 4) is 0 Å². The summed E-state index contributed by atoms with van der Waals surface area (Å²) in [5, 5.41) is 0. The average Bonchev–Trinajstić information content (AvgIpc) is 2.59.